The first-order valence-electron chi connectivity index (χ1n) is 7.15. The molecule has 1 atom stereocenters. The van der Waals surface area contributed by atoms with Gasteiger partial charge in [0.25, 0.3) is 5.56 Å². The number of benzene rings is 1. The zero-order valence-corrected chi connectivity index (χ0v) is 13.8. The summed E-state index contributed by atoms with van der Waals surface area (Å²) in [7, 11) is 0. The molecule has 0 saturated heterocycles. The molecule has 4 nitrogen and oxygen atoms in total. The third-order valence-corrected chi connectivity index (χ3v) is 4.23. The van der Waals surface area contributed by atoms with E-state index in [1.54, 1.807) is 6.07 Å². The largest absolute Gasteiger partial charge is 0.312 e. The minimum absolute atomic E-state index is 0.0333. The highest BCUT2D eigenvalue weighted by Gasteiger charge is 2.14. The van der Waals surface area contributed by atoms with Gasteiger partial charge in [-0.25, -0.2) is 0 Å². The molecule has 1 unspecified atom stereocenters. The zero-order valence-electron chi connectivity index (χ0n) is 13.0. The Bertz CT molecular complexity index is 740. The van der Waals surface area contributed by atoms with Crippen LogP contribution in [0.1, 0.15) is 27.7 Å². The molecule has 21 heavy (non-hydrogen) atoms. The second-order valence-corrected chi connectivity index (χ2v) is 7.51. The average molecular weight is 306 g/mol. The fraction of sp³-hybridized carbons (Fsp3) is 0.500. The van der Waals surface area contributed by atoms with Crippen molar-refractivity contribution in [2.24, 2.45) is 5.92 Å². The summed E-state index contributed by atoms with van der Waals surface area (Å²) in [6.07, 6.45) is 0. The highest BCUT2D eigenvalue weighted by atomic mass is 32.1. The summed E-state index contributed by atoms with van der Waals surface area (Å²) < 4.78 is 2.12. The van der Waals surface area contributed by atoms with Crippen molar-refractivity contribution >= 4 is 21.4 Å². The topological polar surface area (TPSA) is 51.1 Å². The summed E-state index contributed by atoms with van der Waals surface area (Å²) in [6, 6.07) is 7.27. The predicted molar refractivity (Wildman–Crippen MR) is 89.3 cm³/mol. The van der Waals surface area contributed by atoms with Crippen molar-refractivity contribution in [3.8, 4) is 0 Å². The summed E-state index contributed by atoms with van der Waals surface area (Å²) in [5, 5.41) is 4.03. The number of aromatic nitrogens is 1. The maximum absolute atomic E-state index is 12.4. The summed E-state index contributed by atoms with van der Waals surface area (Å²) in [6.45, 7) is 9.56. The van der Waals surface area contributed by atoms with E-state index in [0.29, 0.717) is 11.9 Å². The second kappa shape index (κ2) is 6.12. The number of fused-ring (bicyclic) bond motifs is 1. The molecule has 0 aliphatic heterocycles. The van der Waals surface area contributed by atoms with Gasteiger partial charge in [-0.15, -0.1) is 0 Å². The molecule has 0 saturated carbocycles. The van der Waals surface area contributed by atoms with Gasteiger partial charge in [-0.3, -0.25) is 14.2 Å². The van der Waals surface area contributed by atoms with Crippen LogP contribution in [0.3, 0.4) is 0 Å². The highest BCUT2D eigenvalue weighted by molar-refractivity contribution is 7.16. The Hall–Kier alpha value is -1.46. The monoisotopic (exact) mass is 306 g/mol. The van der Waals surface area contributed by atoms with Crippen LogP contribution in [0.2, 0.25) is 0 Å². The average Bonchev–Trinajstić information content (AvgIpc) is 2.40. The second-order valence-electron chi connectivity index (χ2n) is 6.52. The molecular weight excluding hydrogens is 284 g/mol. The highest BCUT2D eigenvalue weighted by Crippen LogP contribution is 2.11. The SMILES string of the molecule is CC(CNC(C)(C)C)Cn1c(=O)sc2ccccc2c1=O. The van der Waals surface area contributed by atoms with Gasteiger partial charge in [-0.1, -0.05) is 30.4 Å². The van der Waals surface area contributed by atoms with Gasteiger partial charge in [-0.05, 0) is 45.4 Å². The summed E-state index contributed by atoms with van der Waals surface area (Å²) in [4.78, 5) is 24.4. The van der Waals surface area contributed by atoms with Crippen LogP contribution >= 0.6 is 11.3 Å². The van der Waals surface area contributed by atoms with Crippen LogP contribution in [0.15, 0.2) is 33.9 Å². The Morgan fingerprint density at radius 2 is 1.90 bits per heavy atom. The van der Waals surface area contributed by atoms with Crippen LogP contribution < -0.4 is 15.7 Å². The van der Waals surface area contributed by atoms with E-state index in [9.17, 15) is 9.59 Å². The number of nitrogens with zero attached hydrogens (tertiary/aromatic N) is 1. The Balaban J connectivity index is 2.26. The smallest absolute Gasteiger partial charge is 0.310 e. The lowest BCUT2D eigenvalue weighted by Gasteiger charge is -2.23. The lowest BCUT2D eigenvalue weighted by atomic mass is 10.1. The van der Waals surface area contributed by atoms with E-state index in [4.69, 9.17) is 0 Å². The Kier molecular flexibility index (Phi) is 4.64. The molecule has 114 valence electrons. The molecule has 0 bridgehead atoms. The summed E-state index contributed by atoms with van der Waals surface area (Å²) in [5.74, 6) is 0.211. The van der Waals surface area contributed by atoms with Gasteiger partial charge in [0, 0.05) is 16.8 Å². The molecule has 1 heterocycles. The van der Waals surface area contributed by atoms with E-state index < -0.39 is 0 Å². The van der Waals surface area contributed by atoms with Crippen molar-refractivity contribution in [1.29, 1.82) is 0 Å². The molecule has 0 aliphatic rings. The number of nitrogens with one attached hydrogen (secondary N) is 1. The van der Waals surface area contributed by atoms with Crippen LogP contribution in [0, 0.1) is 5.92 Å². The molecule has 0 amide bonds. The first kappa shape index (κ1) is 15.9. The third-order valence-electron chi connectivity index (χ3n) is 3.26. The van der Waals surface area contributed by atoms with Crippen molar-refractivity contribution in [3.05, 3.63) is 44.3 Å². The predicted octanol–water partition coefficient (Wildman–Crippen LogP) is 2.45. The fourth-order valence-corrected chi connectivity index (χ4v) is 2.99. The molecule has 0 aliphatic carbocycles. The minimum atomic E-state index is -0.183. The Morgan fingerprint density at radius 3 is 2.57 bits per heavy atom. The van der Waals surface area contributed by atoms with Gasteiger partial charge in [0.15, 0.2) is 0 Å². The van der Waals surface area contributed by atoms with Gasteiger partial charge in [-0.2, -0.15) is 0 Å². The molecule has 1 N–H and O–H groups in total. The van der Waals surface area contributed by atoms with Crippen molar-refractivity contribution in [2.45, 2.75) is 39.8 Å². The molecular formula is C16H22N2O2S. The summed E-state index contributed by atoms with van der Waals surface area (Å²) >= 11 is 1.14. The lowest BCUT2D eigenvalue weighted by molar-refractivity contribution is 0.357. The van der Waals surface area contributed by atoms with E-state index in [1.807, 2.05) is 25.1 Å². The van der Waals surface area contributed by atoms with E-state index >= 15 is 0 Å². The molecule has 0 spiro atoms. The molecule has 1 aromatic heterocycles. The van der Waals surface area contributed by atoms with Gasteiger partial charge in [0.1, 0.15) is 0 Å². The van der Waals surface area contributed by atoms with Crippen LogP contribution in [0.4, 0.5) is 0 Å². The van der Waals surface area contributed by atoms with Crippen molar-refractivity contribution in [2.75, 3.05) is 6.54 Å². The fourth-order valence-electron chi connectivity index (χ4n) is 2.12. The van der Waals surface area contributed by atoms with Gasteiger partial charge >= 0.3 is 4.87 Å². The Labute approximate surface area is 128 Å². The van der Waals surface area contributed by atoms with Gasteiger partial charge < -0.3 is 5.32 Å². The first-order chi connectivity index (χ1) is 9.78. The van der Waals surface area contributed by atoms with Crippen LogP contribution in [-0.4, -0.2) is 16.7 Å². The molecule has 2 aromatic rings. The molecule has 2 rings (SSSR count). The zero-order chi connectivity index (χ0) is 15.6. The number of rotatable bonds is 4. The van der Waals surface area contributed by atoms with Crippen LogP contribution in [0.5, 0.6) is 0 Å². The maximum atomic E-state index is 12.4. The first-order valence-corrected chi connectivity index (χ1v) is 7.97. The molecule has 0 radical (unpaired) electrons. The van der Waals surface area contributed by atoms with Crippen molar-refractivity contribution in [3.63, 3.8) is 0 Å². The molecule has 0 fully saturated rings. The van der Waals surface area contributed by atoms with Crippen LogP contribution in [0.25, 0.3) is 10.1 Å². The normalized spacial score (nSPS) is 13.5. The minimum Gasteiger partial charge on any atom is -0.312 e. The van der Waals surface area contributed by atoms with E-state index in [-0.39, 0.29) is 21.9 Å². The quantitative estimate of drug-likeness (QED) is 0.944. The molecule has 1 aromatic carbocycles. The van der Waals surface area contributed by atoms with Gasteiger partial charge in [0.05, 0.1) is 5.39 Å². The van der Waals surface area contributed by atoms with E-state index in [1.165, 1.54) is 4.57 Å². The van der Waals surface area contributed by atoms with E-state index in [2.05, 4.69) is 26.1 Å². The molecule has 5 heteroatoms. The maximum Gasteiger partial charge on any atom is 0.310 e. The lowest BCUT2D eigenvalue weighted by Crippen LogP contribution is -2.41. The van der Waals surface area contributed by atoms with E-state index in [0.717, 1.165) is 22.6 Å². The number of hydrogen-bond acceptors (Lipinski definition) is 4. The van der Waals surface area contributed by atoms with Gasteiger partial charge in [0.2, 0.25) is 0 Å². The standard InChI is InChI=1S/C16H22N2O2S/c1-11(9-17-16(2,3)4)10-18-14(19)12-7-5-6-8-13(12)21-15(18)20/h5-8,11,17H,9-10H2,1-4H3. The van der Waals surface area contributed by atoms with Crippen molar-refractivity contribution < 1.29 is 0 Å². The van der Waals surface area contributed by atoms with Crippen molar-refractivity contribution in [1.82, 2.24) is 9.88 Å². The third kappa shape index (κ3) is 4.02. The van der Waals surface area contributed by atoms with Crippen LogP contribution in [-0.2, 0) is 6.54 Å². The number of hydrogen-bond donors (Lipinski definition) is 1. The Morgan fingerprint density at radius 1 is 1.24 bits per heavy atom. The summed E-state index contributed by atoms with van der Waals surface area (Å²) in [5.41, 5.74) is -0.150.